The first kappa shape index (κ1) is 14.6. The zero-order chi connectivity index (χ0) is 14.9. The summed E-state index contributed by atoms with van der Waals surface area (Å²) in [7, 11) is 1.94. The van der Waals surface area contributed by atoms with Gasteiger partial charge in [-0.1, -0.05) is 0 Å². The highest BCUT2D eigenvalue weighted by Gasteiger charge is 2.27. The van der Waals surface area contributed by atoms with E-state index in [-0.39, 0.29) is 17.9 Å². The van der Waals surface area contributed by atoms with Gasteiger partial charge in [0.2, 0.25) is 0 Å². The van der Waals surface area contributed by atoms with Crippen LogP contribution < -0.4 is 5.32 Å². The third-order valence-corrected chi connectivity index (χ3v) is 4.43. The van der Waals surface area contributed by atoms with E-state index >= 15 is 0 Å². The number of carboxylic acids is 1. The van der Waals surface area contributed by atoms with Crippen molar-refractivity contribution < 1.29 is 14.7 Å². The maximum absolute atomic E-state index is 12.3. The van der Waals surface area contributed by atoms with Crippen molar-refractivity contribution in [3.8, 4) is 0 Å². The summed E-state index contributed by atoms with van der Waals surface area (Å²) in [5.41, 5.74) is 2.73. The molecule has 0 spiro atoms. The second kappa shape index (κ2) is 5.69. The van der Waals surface area contributed by atoms with Gasteiger partial charge in [0.1, 0.15) is 0 Å². The van der Waals surface area contributed by atoms with E-state index in [1.54, 1.807) is 0 Å². The van der Waals surface area contributed by atoms with Gasteiger partial charge in [-0.05, 0) is 45.6 Å². The first-order chi connectivity index (χ1) is 9.40. The number of nitrogens with zero attached hydrogens (tertiary/aromatic N) is 1. The Hall–Kier alpha value is -1.78. The van der Waals surface area contributed by atoms with Crippen LogP contribution in [-0.2, 0) is 11.8 Å². The summed E-state index contributed by atoms with van der Waals surface area (Å²) in [6, 6.07) is 1.99. The van der Waals surface area contributed by atoms with Crippen LogP contribution in [0, 0.1) is 19.8 Å². The number of hydrogen-bond acceptors (Lipinski definition) is 2. The lowest BCUT2D eigenvalue weighted by Crippen LogP contribution is -2.38. The van der Waals surface area contributed by atoms with E-state index in [1.165, 1.54) is 0 Å². The Morgan fingerprint density at radius 2 is 1.85 bits per heavy atom. The molecule has 5 heteroatoms. The van der Waals surface area contributed by atoms with Crippen molar-refractivity contribution in [3.05, 3.63) is 23.0 Å². The van der Waals surface area contributed by atoms with E-state index in [2.05, 4.69) is 5.32 Å². The van der Waals surface area contributed by atoms with Crippen LogP contribution in [0.3, 0.4) is 0 Å². The third-order valence-electron chi connectivity index (χ3n) is 4.43. The fourth-order valence-electron chi connectivity index (χ4n) is 2.83. The minimum absolute atomic E-state index is 0.0509. The van der Waals surface area contributed by atoms with Gasteiger partial charge in [-0.2, -0.15) is 0 Å². The van der Waals surface area contributed by atoms with Crippen LogP contribution >= 0.6 is 0 Å². The van der Waals surface area contributed by atoms with Crippen molar-refractivity contribution >= 4 is 11.9 Å². The molecule has 1 heterocycles. The fraction of sp³-hybridized carbons (Fsp3) is 0.600. The topological polar surface area (TPSA) is 71.3 Å². The number of hydrogen-bond donors (Lipinski definition) is 2. The molecule has 0 aromatic carbocycles. The van der Waals surface area contributed by atoms with E-state index in [9.17, 15) is 9.59 Å². The maximum Gasteiger partial charge on any atom is 0.306 e. The Morgan fingerprint density at radius 3 is 2.30 bits per heavy atom. The average Bonchev–Trinajstić information content (AvgIpc) is 2.67. The van der Waals surface area contributed by atoms with Crippen molar-refractivity contribution in [2.75, 3.05) is 0 Å². The quantitative estimate of drug-likeness (QED) is 0.888. The fourth-order valence-corrected chi connectivity index (χ4v) is 2.83. The lowest BCUT2D eigenvalue weighted by molar-refractivity contribution is -0.142. The Morgan fingerprint density at radius 1 is 1.25 bits per heavy atom. The highest BCUT2D eigenvalue weighted by atomic mass is 16.4. The number of nitrogens with one attached hydrogen (secondary N) is 1. The molecule has 1 amide bonds. The molecule has 1 aromatic rings. The molecule has 0 saturated heterocycles. The Labute approximate surface area is 119 Å². The maximum atomic E-state index is 12.3. The Kier molecular flexibility index (Phi) is 4.16. The molecule has 2 N–H and O–H groups in total. The highest BCUT2D eigenvalue weighted by Crippen LogP contribution is 2.25. The molecule has 0 radical (unpaired) electrons. The summed E-state index contributed by atoms with van der Waals surface area (Å²) in [5, 5.41) is 12.0. The monoisotopic (exact) mass is 278 g/mol. The molecule has 20 heavy (non-hydrogen) atoms. The summed E-state index contributed by atoms with van der Waals surface area (Å²) in [6.45, 7) is 3.91. The third kappa shape index (κ3) is 2.86. The van der Waals surface area contributed by atoms with Crippen LogP contribution in [0.25, 0.3) is 0 Å². The predicted molar refractivity (Wildman–Crippen MR) is 75.7 cm³/mol. The number of carboxylic acid groups (broad SMARTS) is 1. The Bertz CT molecular complexity index is 525. The summed E-state index contributed by atoms with van der Waals surface area (Å²) in [4.78, 5) is 23.2. The molecule has 0 unspecified atom stereocenters. The molecule has 0 atom stereocenters. The van der Waals surface area contributed by atoms with Gasteiger partial charge in [-0.25, -0.2) is 0 Å². The van der Waals surface area contributed by atoms with Crippen LogP contribution in [0.5, 0.6) is 0 Å². The van der Waals surface area contributed by atoms with Crippen molar-refractivity contribution in [1.82, 2.24) is 9.88 Å². The van der Waals surface area contributed by atoms with E-state index in [0.717, 1.165) is 24.2 Å². The predicted octanol–water partition coefficient (Wildman–Crippen LogP) is 2.02. The van der Waals surface area contributed by atoms with Gasteiger partial charge in [-0.15, -0.1) is 0 Å². The summed E-state index contributed by atoms with van der Waals surface area (Å²) in [6.07, 6.45) is 2.78. The molecule has 1 fully saturated rings. The standard InChI is InChI=1S/C15H22N2O3/c1-9-8-13(10(2)17(9)3)14(18)16-12-6-4-11(5-7-12)15(19)20/h8,11-12H,4-7H2,1-3H3,(H,16,18)(H,19,20). The second-order valence-electron chi connectivity index (χ2n) is 5.70. The zero-order valence-electron chi connectivity index (χ0n) is 12.3. The average molecular weight is 278 g/mol. The number of carbonyl (C=O) groups is 2. The summed E-state index contributed by atoms with van der Waals surface area (Å²) < 4.78 is 2.00. The van der Waals surface area contributed by atoms with E-state index < -0.39 is 5.97 Å². The van der Waals surface area contributed by atoms with Crippen LogP contribution in [-0.4, -0.2) is 27.6 Å². The van der Waals surface area contributed by atoms with Crippen molar-refractivity contribution in [3.63, 3.8) is 0 Å². The normalized spacial score (nSPS) is 22.6. The minimum Gasteiger partial charge on any atom is -0.481 e. The number of carbonyl (C=O) groups excluding carboxylic acids is 1. The van der Waals surface area contributed by atoms with Gasteiger partial charge < -0.3 is 15.0 Å². The molecule has 5 nitrogen and oxygen atoms in total. The molecule has 0 bridgehead atoms. The van der Waals surface area contributed by atoms with Gasteiger partial charge in [-0.3, -0.25) is 9.59 Å². The SMILES string of the molecule is Cc1cc(C(=O)NC2CCC(C(=O)O)CC2)c(C)n1C. The lowest BCUT2D eigenvalue weighted by atomic mass is 9.86. The molecule has 0 aliphatic heterocycles. The van der Waals surface area contributed by atoms with Gasteiger partial charge in [0, 0.05) is 24.5 Å². The molecular formula is C15H22N2O3. The Balaban J connectivity index is 1.96. The zero-order valence-corrected chi connectivity index (χ0v) is 12.3. The molecule has 2 rings (SSSR count). The number of aryl methyl sites for hydroxylation is 1. The summed E-state index contributed by atoms with van der Waals surface area (Å²) in [5.74, 6) is -1.02. The molecule has 1 aliphatic rings. The summed E-state index contributed by atoms with van der Waals surface area (Å²) >= 11 is 0. The highest BCUT2D eigenvalue weighted by molar-refractivity contribution is 5.95. The molecule has 110 valence electrons. The van der Waals surface area contributed by atoms with Crippen LogP contribution in [0.4, 0.5) is 0 Å². The van der Waals surface area contributed by atoms with E-state index in [1.807, 2.05) is 31.5 Å². The van der Waals surface area contributed by atoms with Crippen molar-refractivity contribution in [2.24, 2.45) is 13.0 Å². The molecular weight excluding hydrogens is 256 g/mol. The number of amides is 1. The van der Waals surface area contributed by atoms with Gasteiger partial charge in [0.15, 0.2) is 0 Å². The smallest absolute Gasteiger partial charge is 0.306 e. The minimum atomic E-state index is -0.718. The molecule has 1 aliphatic carbocycles. The van der Waals surface area contributed by atoms with Gasteiger partial charge in [0.25, 0.3) is 5.91 Å². The number of rotatable bonds is 3. The van der Waals surface area contributed by atoms with Crippen molar-refractivity contribution in [2.45, 2.75) is 45.6 Å². The second-order valence-corrected chi connectivity index (χ2v) is 5.70. The van der Waals surface area contributed by atoms with Crippen LogP contribution in [0.15, 0.2) is 6.07 Å². The first-order valence-electron chi connectivity index (χ1n) is 7.06. The molecule has 1 saturated carbocycles. The first-order valence-corrected chi connectivity index (χ1v) is 7.06. The molecule has 1 aromatic heterocycles. The van der Waals surface area contributed by atoms with Crippen LogP contribution in [0.1, 0.15) is 47.4 Å². The lowest BCUT2D eigenvalue weighted by Gasteiger charge is -2.26. The van der Waals surface area contributed by atoms with Crippen molar-refractivity contribution in [1.29, 1.82) is 0 Å². The van der Waals surface area contributed by atoms with Crippen LogP contribution in [0.2, 0.25) is 0 Å². The van der Waals surface area contributed by atoms with E-state index in [0.29, 0.717) is 18.4 Å². The number of aliphatic carboxylic acids is 1. The van der Waals surface area contributed by atoms with Gasteiger partial charge >= 0.3 is 5.97 Å². The largest absolute Gasteiger partial charge is 0.481 e. The van der Waals surface area contributed by atoms with Gasteiger partial charge in [0.05, 0.1) is 11.5 Å². The van der Waals surface area contributed by atoms with E-state index in [4.69, 9.17) is 5.11 Å². The number of aromatic nitrogens is 1.